The van der Waals surface area contributed by atoms with Crippen LogP contribution in [0.15, 0.2) is 11.6 Å². The lowest BCUT2D eigenvalue weighted by molar-refractivity contribution is 0.585. The number of hydrogen-bond acceptors (Lipinski definition) is 1. The van der Waals surface area contributed by atoms with Crippen LogP contribution in [0.3, 0.4) is 0 Å². The Balaban J connectivity index is 2.79. The molecular formula is C9H13I2N. The van der Waals surface area contributed by atoms with Crippen LogP contribution < -0.4 is 0 Å². The summed E-state index contributed by atoms with van der Waals surface area (Å²) in [4.78, 5) is 0. The molecule has 1 aliphatic rings. The maximum Gasteiger partial charge on any atom is 0.0528 e. The molecule has 0 bridgehead atoms. The molecule has 0 radical (unpaired) electrons. The van der Waals surface area contributed by atoms with E-state index >= 15 is 0 Å². The third kappa shape index (κ3) is 2.43. The Hall–Kier alpha value is 0.870. The Labute approximate surface area is 101 Å². The fraction of sp³-hybridized carbons (Fsp3) is 0.667. The molecule has 0 aliphatic heterocycles. The van der Waals surface area contributed by atoms with Crippen LogP contribution in [0.5, 0.6) is 0 Å². The molecule has 1 unspecified atom stereocenters. The lowest BCUT2D eigenvalue weighted by Crippen LogP contribution is -2.26. The van der Waals surface area contributed by atoms with Crippen LogP contribution in [0.4, 0.5) is 0 Å². The van der Waals surface area contributed by atoms with Crippen molar-refractivity contribution in [2.75, 3.05) is 4.43 Å². The van der Waals surface area contributed by atoms with Gasteiger partial charge in [0.1, 0.15) is 0 Å². The maximum absolute atomic E-state index is 7.91. The first kappa shape index (κ1) is 10.9. The quantitative estimate of drug-likeness (QED) is 0.524. The molecule has 0 saturated heterocycles. The van der Waals surface area contributed by atoms with E-state index in [9.17, 15) is 0 Å². The third-order valence-corrected chi connectivity index (χ3v) is 3.99. The van der Waals surface area contributed by atoms with Gasteiger partial charge in [-0.3, -0.25) is 0 Å². The predicted molar refractivity (Wildman–Crippen MR) is 70.9 cm³/mol. The summed E-state index contributed by atoms with van der Waals surface area (Å²) in [7, 11) is 0. The van der Waals surface area contributed by atoms with Crippen molar-refractivity contribution in [3.05, 3.63) is 11.6 Å². The predicted octanol–water partition coefficient (Wildman–Crippen LogP) is 3.60. The summed E-state index contributed by atoms with van der Waals surface area (Å²) in [6, 6.07) is 0. The number of allylic oxidation sites excluding steroid dienone is 2. The Bertz CT molecular complexity index is 211. The molecule has 1 N–H and O–H groups in total. The fourth-order valence-corrected chi connectivity index (χ4v) is 2.73. The summed E-state index contributed by atoms with van der Waals surface area (Å²) >= 11 is 4.72. The molecule has 0 amide bonds. The molecular weight excluding hydrogens is 376 g/mol. The van der Waals surface area contributed by atoms with Crippen LogP contribution in [0, 0.1) is 11.3 Å². The second-order valence-corrected chi connectivity index (χ2v) is 5.56. The van der Waals surface area contributed by atoms with E-state index in [1.54, 1.807) is 0 Å². The molecule has 1 nitrogen and oxygen atoms in total. The van der Waals surface area contributed by atoms with E-state index in [4.69, 9.17) is 5.41 Å². The van der Waals surface area contributed by atoms with E-state index in [-0.39, 0.29) is 0 Å². The summed E-state index contributed by atoms with van der Waals surface area (Å²) in [5.41, 5.74) is 2.15. The molecule has 0 aromatic heterocycles. The van der Waals surface area contributed by atoms with Gasteiger partial charge in [-0.05, 0) is 24.3 Å². The lowest BCUT2D eigenvalue weighted by atomic mass is 9.84. The van der Waals surface area contributed by atoms with E-state index in [2.05, 4.69) is 58.2 Å². The maximum atomic E-state index is 7.91. The van der Waals surface area contributed by atoms with Gasteiger partial charge < -0.3 is 5.41 Å². The Morgan fingerprint density at radius 1 is 1.58 bits per heavy atom. The summed E-state index contributed by atoms with van der Waals surface area (Å²) in [6.07, 6.45) is 4.63. The molecule has 12 heavy (non-hydrogen) atoms. The van der Waals surface area contributed by atoms with Gasteiger partial charge in [0.2, 0.25) is 0 Å². The van der Waals surface area contributed by atoms with Gasteiger partial charge in [-0.15, -0.1) is 0 Å². The summed E-state index contributed by atoms with van der Waals surface area (Å²) < 4.78 is 1.48. The van der Waals surface area contributed by atoms with Gasteiger partial charge in [0.25, 0.3) is 0 Å². The zero-order chi connectivity index (χ0) is 9.14. The number of halogens is 2. The number of nitrogens with one attached hydrogen (secondary N) is 1. The van der Waals surface area contributed by atoms with Crippen LogP contribution >= 0.6 is 45.2 Å². The highest BCUT2D eigenvalue weighted by Crippen LogP contribution is 2.30. The van der Waals surface area contributed by atoms with Crippen molar-refractivity contribution >= 4 is 50.9 Å². The molecule has 68 valence electrons. The zero-order valence-electron chi connectivity index (χ0n) is 7.11. The van der Waals surface area contributed by atoms with E-state index in [1.165, 1.54) is 18.4 Å². The van der Waals surface area contributed by atoms with Gasteiger partial charge in [0, 0.05) is 10.1 Å². The Morgan fingerprint density at radius 2 is 2.25 bits per heavy atom. The van der Waals surface area contributed by atoms with Crippen LogP contribution in [-0.4, -0.2) is 14.1 Å². The van der Waals surface area contributed by atoms with Gasteiger partial charge >= 0.3 is 0 Å². The van der Waals surface area contributed by atoms with Gasteiger partial charge in [0.15, 0.2) is 0 Å². The first-order valence-electron chi connectivity index (χ1n) is 4.15. The molecule has 1 saturated carbocycles. The normalized spacial score (nSPS) is 34.2. The van der Waals surface area contributed by atoms with Crippen molar-refractivity contribution in [3.8, 4) is 0 Å². The van der Waals surface area contributed by atoms with E-state index in [0.29, 0.717) is 9.84 Å². The third-order valence-electron chi connectivity index (χ3n) is 2.31. The van der Waals surface area contributed by atoms with Crippen LogP contribution in [0.1, 0.15) is 19.8 Å². The van der Waals surface area contributed by atoms with Gasteiger partial charge in [-0.25, -0.2) is 0 Å². The largest absolute Gasteiger partial charge is 0.304 e. The summed E-state index contributed by atoms with van der Waals surface area (Å²) in [5.74, 6) is 0.610. The molecule has 0 aromatic rings. The Morgan fingerprint density at radius 3 is 2.83 bits per heavy atom. The number of hydrogen-bond donors (Lipinski definition) is 1. The second kappa shape index (κ2) is 4.93. The highest BCUT2D eigenvalue weighted by atomic mass is 127. The molecule has 1 rings (SSSR count). The van der Waals surface area contributed by atoms with Gasteiger partial charge in [-0.1, -0.05) is 58.2 Å². The minimum atomic E-state index is 0.452. The van der Waals surface area contributed by atoms with Gasteiger partial charge in [0.05, 0.1) is 3.92 Å². The second-order valence-electron chi connectivity index (χ2n) is 3.17. The van der Waals surface area contributed by atoms with E-state index in [0.717, 1.165) is 10.1 Å². The van der Waals surface area contributed by atoms with Crippen molar-refractivity contribution in [1.29, 1.82) is 5.41 Å². The average Bonchev–Trinajstić information content (AvgIpc) is 2.06. The highest BCUT2D eigenvalue weighted by Gasteiger charge is 2.25. The van der Waals surface area contributed by atoms with Crippen LogP contribution in [0.2, 0.25) is 0 Å². The summed E-state index contributed by atoms with van der Waals surface area (Å²) in [5, 5.41) is 7.91. The molecule has 1 fully saturated rings. The minimum Gasteiger partial charge on any atom is -0.304 e. The summed E-state index contributed by atoms with van der Waals surface area (Å²) in [6.45, 7) is 2.23. The monoisotopic (exact) mass is 389 g/mol. The first-order valence-corrected chi connectivity index (χ1v) is 6.92. The topological polar surface area (TPSA) is 23.9 Å². The minimum absolute atomic E-state index is 0.452. The van der Waals surface area contributed by atoms with Crippen molar-refractivity contribution in [2.45, 2.75) is 23.7 Å². The average molecular weight is 389 g/mol. The van der Waals surface area contributed by atoms with Crippen molar-refractivity contribution in [3.63, 3.8) is 0 Å². The zero-order valence-corrected chi connectivity index (χ0v) is 11.4. The van der Waals surface area contributed by atoms with Crippen molar-refractivity contribution in [2.24, 2.45) is 5.92 Å². The van der Waals surface area contributed by atoms with E-state index < -0.39 is 0 Å². The molecule has 0 aromatic carbocycles. The number of alkyl halides is 2. The molecule has 0 heterocycles. The standard InChI is InChI=1S/C9H13I2N/c1-6-2-3-8(11)9(12)7(6)4-5-10/h4,6,8,12H,2-3,5H2,1H3/b7-4-,12-9?/t6?,8-/m1/s1. The fourth-order valence-electron chi connectivity index (χ4n) is 1.54. The van der Waals surface area contributed by atoms with Crippen molar-refractivity contribution < 1.29 is 0 Å². The molecule has 2 atom stereocenters. The van der Waals surface area contributed by atoms with E-state index in [1.807, 2.05) is 0 Å². The number of rotatable bonds is 1. The highest BCUT2D eigenvalue weighted by molar-refractivity contribution is 14.1. The van der Waals surface area contributed by atoms with Crippen molar-refractivity contribution in [1.82, 2.24) is 0 Å². The first-order chi connectivity index (χ1) is 5.66. The smallest absolute Gasteiger partial charge is 0.0528 e. The molecule has 3 heteroatoms. The van der Waals surface area contributed by atoms with Crippen LogP contribution in [-0.2, 0) is 0 Å². The molecule has 0 spiro atoms. The molecule has 1 aliphatic carbocycles. The SMILES string of the molecule is CC1CC[C@@H](I)C(=N)/C1=C\CI. The van der Waals surface area contributed by atoms with Crippen LogP contribution in [0.25, 0.3) is 0 Å². The van der Waals surface area contributed by atoms with Gasteiger partial charge in [-0.2, -0.15) is 0 Å². The Kier molecular flexibility index (Phi) is 4.50. The lowest BCUT2D eigenvalue weighted by Gasteiger charge is -2.26.